The van der Waals surface area contributed by atoms with Crippen LogP contribution in [0.4, 0.5) is 5.69 Å². The van der Waals surface area contributed by atoms with E-state index in [9.17, 15) is 5.11 Å². The van der Waals surface area contributed by atoms with Crippen molar-refractivity contribution in [2.75, 3.05) is 44.2 Å². The van der Waals surface area contributed by atoms with E-state index in [0.29, 0.717) is 13.2 Å². The summed E-state index contributed by atoms with van der Waals surface area (Å²) in [6.07, 6.45) is -0.468. The third-order valence-electron chi connectivity index (χ3n) is 4.88. The summed E-state index contributed by atoms with van der Waals surface area (Å²) in [5.41, 5.74) is 3.74. The van der Waals surface area contributed by atoms with Crippen LogP contribution >= 0.6 is 0 Å². The van der Waals surface area contributed by atoms with Crippen LogP contribution in [-0.2, 0) is 0 Å². The van der Waals surface area contributed by atoms with E-state index in [2.05, 4.69) is 54.0 Å². The van der Waals surface area contributed by atoms with Crippen molar-refractivity contribution in [1.82, 2.24) is 4.90 Å². The number of hydrogen-bond acceptors (Lipinski definition) is 4. The smallest absolute Gasteiger partial charge is 0.119 e. The molecule has 0 saturated carbocycles. The van der Waals surface area contributed by atoms with Gasteiger partial charge in [-0.15, -0.1) is 0 Å². The first-order valence-corrected chi connectivity index (χ1v) is 9.02. The van der Waals surface area contributed by atoms with Gasteiger partial charge < -0.3 is 14.7 Å². The number of ether oxygens (including phenoxy) is 1. The predicted molar refractivity (Wildman–Crippen MR) is 103 cm³/mol. The van der Waals surface area contributed by atoms with Gasteiger partial charge in [-0.3, -0.25) is 4.90 Å². The van der Waals surface area contributed by atoms with E-state index in [1.165, 1.54) is 16.8 Å². The van der Waals surface area contributed by atoms with Gasteiger partial charge in [0.1, 0.15) is 18.5 Å². The van der Waals surface area contributed by atoms with Crippen molar-refractivity contribution in [2.24, 2.45) is 0 Å². The number of aliphatic hydroxyl groups excluding tert-OH is 1. The maximum Gasteiger partial charge on any atom is 0.119 e. The van der Waals surface area contributed by atoms with Gasteiger partial charge in [0.15, 0.2) is 0 Å². The average molecular weight is 340 g/mol. The van der Waals surface area contributed by atoms with Crippen LogP contribution in [-0.4, -0.2) is 55.4 Å². The Morgan fingerprint density at radius 2 is 1.68 bits per heavy atom. The van der Waals surface area contributed by atoms with Crippen molar-refractivity contribution in [3.8, 4) is 5.75 Å². The molecule has 25 heavy (non-hydrogen) atoms. The van der Waals surface area contributed by atoms with E-state index in [-0.39, 0.29) is 0 Å². The van der Waals surface area contributed by atoms with Crippen LogP contribution in [0, 0.1) is 13.8 Å². The number of benzene rings is 2. The second-order valence-electron chi connectivity index (χ2n) is 6.83. The van der Waals surface area contributed by atoms with Crippen LogP contribution in [0.5, 0.6) is 5.75 Å². The fourth-order valence-electron chi connectivity index (χ4n) is 3.17. The Hall–Kier alpha value is -2.04. The first-order chi connectivity index (χ1) is 12.1. The minimum Gasteiger partial charge on any atom is -0.491 e. The SMILES string of the molecule is Cc1ccc(OCC(O)CN2CCN(c3ccccc3)CC2)cc1C. The molecule has 0 aromatic heterocycles. The molecule has 1 fully saturated rings. The van der Waals surface area contributed by atoms with Crippen molar-refractivity contribution < 1.29 is 9.84 Å². The van der Waals surface area contributed by atoms with E-state index in [1.807, 2.05) is 18.2 Å². The fraction of sp³-hybridized carbons (Fsp3) is 0.429. The Morgan fingerprint density at radius 3 is 2.36 bits per heavy atom. The molecule has 1 aliphatic heterocycles. The minimum atomic E-state index is -0.468. The molecule has 0 bridgehead atoms. The van der Waals surface area contributed by atoms with E-state index >= 15 is 0 Å². The number of anilines is 1. The highest BCUT2D eigenvalue weighted by Gasteiger charge is 2.19. The molecule has 1 aliphatic rings. The van der Waals surface area contributed by atoms with E-state index in [0.717, 1.165) is 31.9 Å². The summed E-state index contributed by atoms with van der Waals surface area (Å²) < 4.78 is 5.75. The molecular formula is C21H28N2O2. The number of aliphatic hydroxyl groups is 1. The standard InChI is InChI=1S/C21H28N2O2/c1-17-8-9-21(14-18(17)2)25-16-20(24)15-22-10-12-23(13-11-22)19-6-4-3-5-7-19/h3-9,14,20,24H,10-13,15-16H2,1-2H3. The number of aryl methyl sites for hydroxylation is 2. The molecule has 134 valence electrons. The van der Waals surface area contributed by atoms with Gasteiger partial charge in [-0.1, -0.05) is 24.3 Å². The molecule has 4 nitrogen and oxygen atoms in total. The summed E-state index contributed by atoms with van der Waals surface area (Å²) in [5.74, 6) is 0.830. The highest BCUT2D eigenvalue weighted by Crippen LogP contribution is 2.17. The van der Waals surface area contributed by atoms with Gasteiger partial charge in [0.2, 0.25) is 0 Å². The van der Waals surface area contributed by atoms with Crippen molar-refractivity contribution in [1.29, 1.82) is 0 Å². The zero-order valence-electron chi connectivity index (χ0n) is 15.2. The molecule has 2 aromatic carbocycles. The van der Waals surface area contributed by atoms with Crippen molar-refractivity contribution in [2.45, 2.75) is 20.0 Å². The van der Waals surface area contributed by atoms with E-state index < -0.39 is 6.10 Å². The molecule has 2 aromatic rings. The maximum atomic E-state index is 10.3. The zero-order chi connectivity index (χ0) is 17.6. The quantitative estimate of drug-likeness (QED) is 0.877. The fourth-order valence-corrected chi connectivity index (χ4v) is 3.17. The monoisotopic (exact) mass is 340 g/mol. The summed E-state index contributed by atoms with van der Waals surface area (Å²) in [5, 5.41) is 10.3. The van der Waals surface area contributed by atoms with Crippen molar-refractivity contribution in [3.05, 3.63) is 59.7 Å². The topological polar surface area (TPSA) is 35.9 Å². The summed E-state index contributed by atoms with van der Waals surface area (Å²) in [6, 6.07) is 16.6. The van der Waals surface area contributed by atoms with Gasteiger partial charge in [0.05, 0.1) is 0 Å². The number of rotatable bonds is 6. The molecule has 4 heteroatoms. The molecule has 0 radical (unpaired) electrons. The molecule has 1 N–H and O–H groups in total. The lowest BCUT2D eigenvalue weighted by Gasteiger charge is -2.36. The summed E-state index contributed by atoms with van der Waals surface area (Å²) in [7, 11) is 0. The first kappa shape index (κ1) is 17.8. The lowest BCUT2D eigenvalue weighted by Crippen LogP contribution is -2.49. The van der Waals surface area contributed by atoms with Crippen molar-refractivity contribution >= 4 is 5.69 Å². The Bertz CT molecular complexity index is 667. The molecule has 3 rings (SSSR count). The van der Waals surface area contributed by atoms with Gasteiger partial charge in [0.25, 0.3) is 0 Å². The first-order valence-electron chi connectivity index (χ1n) is 9.02. The lowest BCUT2D eigenvalue weighted by molar-refractivity contribution is 0.0663. The van der Waals surface area contributed by atoms with Crippen LogP contribution in [0.25, 0.3) is 0 Å². The number of nitrogens with zero attached hydrogens (tertiary/aromatic N) is 2. The van der Waals surface area contributed by atoms with Crippen LogP contribution in [0.15, 0.2) is 48.5 Å². The molecule has 0 aliphatic carbocycles. The number of piperazine rings is 1. The second kappa shape index (κ2) is 8.37. The number of β-amino-alcohol motifs (C(OH)–C–C–N with tert-alkyl or cyclic N) is 1. The lowest BCUT2D eigenvalue weighted by atomic mass is 10.1. The van der Waals surface area contributed by atoms with E-state index in [4.69, 9.17) is 4.74 Å². The summed E-state index contributed by atoms with van der Waals surface area (Å²) >= 11 is 0. The maximum absolute atomic E-state index is 10.3. The largest absolute Gasteiger partial charge is 0.491 e. The number of para-hydroxylation sites is 1. The molecule has 0 spiro atoms. The molecule has 1 unspecified atom stereocenters. The van der Waals surface area contributed by atoms with Gasteiger partial charge >= 0.3 is 0 Å². The van der Waals surface area contributed by atoms with Crippen LogP contribution in [0.2, 0.25) is 0 Å². The van der Waals surface area contributed by atoms with Gasteiger partial charge in [-0.2, -0.15) is 0 Å². The highest BCUT2D eigenvalue weighted by atomic mass is 16.5. The average Bonchev–Trinajstić information content (AvgIpc) is 2.64. The third kappa shape index (κ3) is 4.97. The van der Waals surface area contributed by atoms with Gasteiger partial charge in [-0.05, 0) is 49.2 Å². The Balaban J connectivity index is 1.41. The van der Waals surface area contributed by atoms with Gasteiger partial charge in [-0.25, -0.2) is 0 Å². The molecule has 1 saturated heterocycles. The highest BCUT2D eigenvalue weighted by molar-refractivity contribution is 5.46. The van der Waals surface area contributed by atoms with Gasteiger partial charge in [0, 0.05) is 38.4 Å². The Labute approximate surface area is 150 Å². The summed E-state index contributed by atoms with van der Waals surface area (Å²) in [4.78, 5) is 4.71. The van der Waals surface area contributed by atoms with E-state index in [1.54, 1.807) is 0 Å². The second-order valence-corrected chi connectivity index (χ2v) is 6.83. The van der Waals surface area contributed by atoms with Crippen LogP contribution in [0.3, 0.4) is 0 Å². The summed E-state index contributed by atoms with van der Waals surface area (Å²) in [6.45, 7) is 9.08. The molecule has 1 atom stereocenters. The van der Waals surface area contributed by atoms with Crippen molar-refractivity contribution in [3.63, 3.8) is 0 Å². The number of hydrogen-bond donors (Lipinski definition) is 1. The zero-order valence-corrected chi connectivity index (χ0v) is 15.2. The molecule has 0 amide bonds. The third-order valence-corrected chi connectivity index (χ3v) is 4.88. The molecular weight excluding hydrogens is 312 g/mol. The normalized spacial score (nSPS) is 16.7. The minimum absolute atomic E-state index is 0.335. The van der Waals surface area contributed by atoms with Crippen LogP contribution in [0.1, 0.15) is 11.1 Å². The Morgan fingerprint density at radius 1 is 0.960 bits per heavy atom. The predicted octanol–water partition coefficient (Wildman–Crippen LogP) is 2.87. The van der Waals surface area contributed by atoms with Crippen LogP contribution < -0.4 is 9.64 Å². The molecule has 1 heterocycles. The Kier molecular flexibility index (Phi) is 5.95.